The number of hydrogen-bond acceptors (Lipinski definition) is 4. The van der Waals surface area contributed by atoms with Gasteiger partial charge in [-0.3, -0.25) is 9.58 Å². The molecular formula is C16H26N4O. The third-order valence-electron chi connectivity index (χ3n) is 5.75. The van der Waals surface area contributed by atoms with E-state index in [4.69, 9.17) is 5.10 Å². The van der Waals surface area contributed by atoms with E-state index >= 15 is 0 Å². The number of aliphatic hydroxyl groups is 1. The zero-order valence-corrected chi connectivity index (χ0v) is 12.7. The van der Waals surface area contributed by atoms with Crippen molar-refractivity contribution in [1.29, 1.82) is 0 Å². The number of aliphatic hydroxyl groups excluding tert-OH is 1. The van der Waals surface area contributed by atoms with E-state index in [2.05, 4.69) is 21.0 Å². The Morgan fingerprint density at radius 1 is 1.43 bits per heavy atom. The van der Waals surface area contributed by atoms with E-state index in [0.29, 0.717) is 12.5 Å². The number of aryl methyl sites for hydroxylation is 1. The molecule has 1 saturated heterocycles. The van der Waals surface area contributed by atoms with Gasteiger partial charge in [-0.05, 0) is 37.8 Å². The van der Waals surface area contributed by atoms with Crippen molar-refractivity contribution in [3.63, 3.8) is 0 Å². The van der Waals surface area contributed by atoms with E-state index < -0.39 is 0 Å². The summed E-state index contributed by atoms with van der Waals surface area (Å²) in [6, 6.07) is 2.26. The Labute approximate surface area is 126 Å². The van der Waals surface area contributed by atoms with Gasteiger partial charge in [-0.25, -0.2) is 0 Å². The van der Waals surface area contributed by atoms with Gasteiger partial charge in [0.25, 0.3) is 0 Å². The molecule has 0 unspecified atom stereocenters. The van der Waals surface area contributed by atoms with E-state index in [9.17, 15) is 5.11 Å². The molecule has 1 aromatic rings. The van der Waals surface area contributed by atoms with Gasteiger partial charge in [0.05, 0.1) is 18.0 Å². The minimum absolute atomic E-state index is 0.193. The molecule has 0 spiro atoms. The Morgan fingerprint density at radius 2 is 2.38 bits per heavy atom. The van der Waals surface area contributed by atoms with Crippen LogP contribution in [0.4, 0.5) is 0 Å². The molecule has 0 aromatic carbocycles. The summed E-state index contributed by atoms with van der Waals surface area (Å²) in [5.74, 6) is 0.699. The van der Waals surface area contributed by atoms with Gasteiger partial charge in [0.1, 0.15) is 0 Å². The normalized spacial score (nSPS) is 32.9. The number of fused-ring (bicyclic) bond motifs is 2. The second kappa shape index (κ2) is 5.38. The van der Waals surface area contributed by atoms with Crippen molar-refractivity contribution in [1.82, 2.24) is 20.0 Å². The summed E-state index contributed by atoms with van der Waals surface area (Å²) in [4.78, 5) is 2.51. The average Bonchev–Trinajstić information content (AvgIpc) is 3.08. The Bertz CT molecular complexity index is 491. The van der Waals surface area contributed by atoms with E-state index in [1.165, 1.54) is 30.7 Å². The number of nitrogens with zero attached hydrogens (tertiary/aromatic N) is 3. The maximum Gasteiger partial charge on any atom is 0.0768 e. The van der Waals surface area contributed by atoms with Gasteiger partial charge in [0.15, 0.2) is 0 Å². The fourth-order valence-electron chi connectivity index (χ4n) is 4.63. The predicted molar refractivity (Wildman–Crippen MR) is 80.7 cm³/mol. The van der Waals surface area contributed by atoms with E-state index in [-0.39, 0.29) is 5.41 Å². The Kier molecular flexibility index (Phi) is 3.52. The van der Waals surface area contributed by atoms with E-state index in [1.807, 2.05) is 0 Å². The first-order valence-electron chi connectivity index (χ1n) is 8.39. The molecule has 4 rings (SSSR count). The number of nitrogens with one attached hydrogen (secondary N) is 1. The summed E-state index contributed by atoms with van der Waals surface area (Å²) in [7, 11) is 0. The number of rotatable bonds is 3. The molecule has 2 aliphatic heterocycles. The topological polar surface area (TPSA) is 53.3 Å². The van der Waals surface area contributed by atoms with Crippen molar-refractivity contribution in [3.8, 4) is 0 Å². The van der Waals surface area contributed by atoms with Crippen molar-refractivity contribution in [3.05, 3.63) is 17.5 Å². The van der Waals surface area contributed by atoms with Crippen LogP contribution >= 0.6 is 0 Å². The fraction of sp³-hybridized carbons (Fsp3) is 0.812. The Morgan fingerprint density at radius 3 is 3.24 bits per heavy atom. The van der Waals surface area contributed by atoms with Crippen LogP contribution in [0.1, 0.15) is 37.1 Å². The number of hydrogen-bond donors (Lipinski definition) is 2. The maximum atomic E-state index is 9.82. The zero-order chi connectivity index (χ0) is 14.3. The highest BCUT2D eigenvalue weighted by atomic mass is 16.3. The number of aromatic nitrogens is 2. The summed E-state index contributed by atoms with van der Waals surface area (Å²) >= 11 is 0. The molecule has 2 N–H and O–H groups in total. The van der Waals surface area contributed by atoms with Crippen LogP contribution in [-0.4, -0.2) is 46.0 Å². The van der Waals surface area contributed by atoms with Crippen molar-refractivity contribution < 1.29 is 5.11 Å². The minimum atomic E-state index is 0.193. The van der Waals surface area contributed by atoms with Crippen LogP contribution in [0, 0.1) is 11.3 Å². The largest absolute Gasteiger partial charge is 0.396 e. The van der Waals surface area contributed by atoms with Gasteiger partial charge in [-0.15, -0.1) is 0 Å². The van der Waals surface area contributed by atoms with Crippen LogP contribution in [0.5, 0.6) is 0 Å². The molecule has 2 fully saturated rings. The summed E-state index contributed by atoms with van der Waals surface area (Å²) in [6.45, 7) is 6.55. The van der Waals surface area contributed by atoms with E-state index in [0.717, 1.165) is 45.7 Å². The molecule has 1 saturated carbocycles. The summed E-state index contributed by atoms with van der Waals surface area (Å²) < 4.78 is 2.17. The van der Waals surface area contributed by atoms with Crippen LogP contribution in [0.15, 0.2) is 6.07 Å². The molecular weight excluding hydrogens is 264 g/mol. The highest BCUT2D eigenvalue weighted by Crippen LogP contribution is 2.48. The zero-order valence-electron chi connectivity index (χ0n) is 12.7. The van der Waals surface area contributed by atoms with Crippen molar-refractivity contribution in [2.75, 3.05) is 26.2 Å². The fourth-order valence-corrected chi connectivity index (χ4v) is 4.63. The van der Waals surface area contributed by atoms with E-state index in [1.54, 1.807) is 0 Å². The molecule has 5 heteroatoms. The van der Waals surface area contributed by atoms with Crippen LogP contribution in [0.25, 0.3) is 0 Å². The van der Waals surface area contributed by atoms with Crippen LogP contribution < -0.4 is 5.32 Å². The Hall–Kier alpha value is -0.910. The molecule has 21 heavy (non-hydrogen) atoms. The lowest BCUT2D eigenvalue weighted by molar-refractivity contribution is 0.111. The summed E-state index contributed by atoms with van der Waals surface area (Å²) in [6.07, 6.45) is 4.95. The van der Waals surface area contributed by atoms with Gasteiger partial charge in [-0.2, -0.15) is 5.10 Å². The standard InChI is InChI=1S/C16H26N4O/c21-12-16-4-1-3-13(16)9-19(11-16)10-14-7-15-8-17-5-2-6-20(15)18-14/h7,13,17,21H,1-6,8-12H2/t13-,16+/m1/s1. The first-order valence-corrected chi connectivity index (χ1v) is 8.39. The van der Waals surface area contributed by atoms with Crippen molar-refractivity contribution in [2.24, 2.45) is 11.3 Å². The molecule has 116 valence electrons. The second-order valence-electron chi connectivity index (χ2n) is 7.16. The molecule has 5 nitrogen and oxygen atoms in total. The van der Waals surface area contributed by atoms with Gasteiger partial charge < -0.3 is 10.4 Å². The van der Waals surface area contributed by atoms with Crippen LogP contribution in [0.3, 0.4) is 0 Å². The molecule has 2 atom stereocenters. The predicted octanol–water partition coefficient (Wildman–Crippen LogP) is 0.971. The highest BCUT2D eigenvalue weighted by Gasteiger charge is 2.48. The quantitative estimate of drug-likeness (QED) is 0.871. The van der Waals surface area contributed by atoms with Crippen molar-refractivity contribution >= 4 is 0 Å². The lowest BCUT2D eigenvalue weighted by Crippen LogP contribution is -2.30. The molecule has 0 radical (unpaired) electrons. The minimum Gasteiger partial charge on any atom is -0.396 e. The van der Waals surface area contributed by atoms with Crippen LogP contribution in [0.2, 0.25) is 0 Å². The SMILES string of the molecule is OC[C@@]12CCC[C@@H]1CN(Cc1cc3n(n1)CCCNC3)C2. The van der Waals surface area contributed by atoms with Gasteiger partial charge >= 0.3 is 0 Å². The second-order valence-corrected chi connectivity index (χ2v) is 7.16. The van der Waals surface area contributed by atoms with Crippen LogP contribution in [-0.2, 0) is 19.6 Å². The van der Waals surface area contributed by atoms with Gasteiger partial charge in [0.2, 0.25) is 0 Å². The first-order chi connectivity index (χ1) is 10.3. The lowest BCUT2D eigenvalue weighted by Gasteiger charge is -2.26. The lowest BCUT2D eigenvalue weighted by atomic mass is 9.82. The van der Waals surface area contributed by atoms with Crippen molar-refractivity contribution in [2.45, 2.75) is 45.3 Å². The monoisotopic (exact) mass is 290 g/mol. The van der Waals surface area contributed by atoms with Gasteiger partial charge in [0, 0.05) is 38.1 Å². The third-order valence-corrected chi connectivity index (χ3v) is 5.75. The molecule has 1 aromatic heterocycles. The molecule has 0 bridgehead atoms. The Balaban J connectivity index is 1.45. The molecule has 1 aliphatic carbocycles. The summed E-state index contributed by atoms with van der Waals surface area (Å²) in [5, 5.41) is 18.1. The molecule has 0 amide bonds. The third kappa shape index (κ3) is 2.41. The number of likely N-dealkylation sites (tertiary alicyclic amines) is 1. The summed E-state index contributed by atoms with van der Waals surface area (Å²) in [5.41, 5.74) is 2.71. The highest BCUT2D eigenvalue weighted by molar-refractivity contribution is 5.12. The molecule has 3 aliphatic rings. The smallest absolute Gasteiger partial charge is 0.0768 e. The van der Waals surface area contributed by atoms with Gasteiger partial charge in [-0.1, -0.05) is 6.42 Å². The molecule has 3 heterocycles. The maximum absolute atomic E-state index is 9.82. The average molecular weight is 290 g/mol. The first kappa shape index (κ1) is 13.7.